The topological polar surface area (TPSA) is 67.4 Å². The van der Waals surface area contributed by atoms with Gasteiger partial charge in [-0.2, -0.15) is 0 Å². The fraction of sp³-hybridized carbons (Fsp3) is 0.130. The quantitative estimate of drug-likeness (QED) is 0.355. The van der Waals surface area contributed by atoms with Crippen LogP contribution in [-0.4, -0.2) is 36.1 Å². The minimum atomic E-state index is -0.132. The lowest BCUT2D eigenvalue weighted by Crippen LogP contribution is -2.38. The number of nitrogens with zero attached hydrogens (tertiary/aromatic N) is 2. The number of carbonyl (C=O) groups is 1. The van der Waals surface area contributed by atoms with Crippen molar-refractivity contribution in [2.75, 3.05) is 25.2 Å². The van der Waals surface area contributed by atoms with Crippen LogP contribution >= 0.6 is 31.9 Å². The third kappa shape index (κ3) is 3.49. The zero-order valence-electron chi connectivity index (χ0n) is 16.5. The third-order valence-electron chi connectivity index (χ3n) is 5.28. The smallest absolute Gasteiger partial charge is 0.258 e. The lowest BCUT2D eigenvalue weighted by molar-refractivity contribution is 0.0975. The number of halogens is 2. The standard InChI is InChI=1S/C23H17Br2N3O3/c1-30-21-17(24)9-13(10-18(21)25)23(29)28-7-8-31-22-20(28)11-14(12-27-22)15-3-2-4-19-16(15)5-6-26-19/h2-6,9-12,26H,7-8H2,1H3. The van der Waals surface area contributed by atoms with Crippen LogP contribution in [0.1, 0.15) is 10.4 Å². The number of hydrogen-bond acceptors (Lipinski definition) is 4. The summed E-state index contributed by atoms with van der Waals surface area (Å²) in [5, 5.41) is 1.10. The van der Waals surface area contributed by atoms with E-state index in [9.17, 15) is 4.79 Å². The predicted octanol–water partition coefficient (Wildman–Crippen LogP) is 5.80. The summed E-state index contributed by atoms with van der Waals surface area (Å²) in [6.07, 6.45) is 3.70. The van der Waals surface area contributed by atoms with Crippen LogP contribution in [-0.2, 0) is 0 Å². The largest absolute Gasteiger partial charge is 0.494 e. The zero-order valence-corrected chi connectivity index (χ0v) is 19.7. The number of H-pyrrole nitrogens is 1. The van der Waals surface area contributed by atoms with Gasteiger partial charge in [0.15, 0.2) is 0 Å². The molecule has 6 nitrogen and oxygen atoms in total. The SMILES string of the molecule is COc1c(Br)cc(C(=O)N2CCOc3ncc(-c4cccc5[nH]ccc45)cc32)cc1Br. The van der Waals surface area contributed by atoms with Gasteiger partial charge >= 0.3 is 0 Å². The third-order valence-corrected chi connectivity index (χ3v) is 6.46. The Bertz CT molecular complexity index is 1300. The highest BCUT2D eigenvalue weighted by Crippen LogP contribution is 2.38. The van der Waals surface area contributed by atoms with Gasteiger partial charge in [0.2, 0.25) is 5.88 Å². The van der Waals surface area contributed by atoms with Crippen LogP contribution in [0.5, 0.6) is 11.6 Å². The number of anilines is 1. The number of aromatic nitrogens is 2. The van der Waals surface area contributed by atoms with Crippen LogP contribution < -0.4 is 14.4 Å². The molecule has 8 heteroatoms. The van der Waals surface area contributed by atoms with E-state index in [-0.39, 0.29) is 5.91 Å². The van der Waals surface area contributed by atoms with Crippen molar-refractivity contribution in [3.63, 3.8) is 0 Å². The molecule has 1 N–H and O–H groups in total. The number of pyridine rings is 1. The molecule has 31 heavy (non-hydrogen) atoms. The maximum atomic E-state index is 13.4. The molecule has 5 rings (SSSR count). The molecule has 0 aliphatic carbocycles. The Labute approximate surface area is 195 Å². The Balaban J connectivity index is 1.58. The second kappa shape index (κ2) is 8.01. The van der Waals surface area contributed by atoms with Crippen LogP contribution in [0.25, 0.3) is 22.0 Å². The Morgan fingerprint density at radius 3 is 2.77 bits per heavy atom. The summed E-state index contributed by atoms with van der Waals surface area (Å²) < 4.78 is 12.5. The van der Waals surface area contributed by atoms with Gasteiger partial charge in [-0.25, -0.2) is 4.98 Å². The van der Waals surface area contributed by atoms with E-state index in [0.717, 1.165) is 22.0 Å². The van der Waals surface area contributed by atoms with Crippen molar-refractivity contribution in [1.82, 2.24) is 9.97 Å². The predicted molar refractivity (Wildman–Crippen MR) is 127 cm³/mol. The fourth-order valence-electron chi connectivity index (χ4n) is 3.83. The van der Waals surface area contributed by atoms with Gasteiger partial charge in [0.25, 0.3) is 5.91 Å². The molecule has 1 aliphatic heterocycles. The highest BCUT2D eigenvalue weighted by atomic mass is 79.9. The Morgan fingerprint density at radius 1 is 1.19 bits per heavy atom. The molecule has 0 fully saturated rings. The first-order chi connectivity index (χ1) is 15.1. The minimum Gasteiger partial charge on any atom is -0.494 e. The van der Waals surface area contributed by atoms with E-state index >= 15 is 0 Å². The lowest BCUT2D eigenvalue weighted by atomic mass is 10.0. The highest BCUT2D eigenvalue weighted by Gasteiger charge is 2.27. The molecule has 0 bridgehead atoms. The normalized spacial score (nSPS) is 13.1. The molecule has 156 valence electrons. The summed E-state index contributed by atoms with van der Waals surface area (Å²) in [5.41, 5.74) is 4.20. The number of benzene rings is 2. The van der Waals surface area contributed by atoms with Crippen molar-refractivity contribution in [2.45, 2.75) is 0 Å². The summed E-state index contributed by atoms with van der Waals surface area (Å²) in [6.45, 7) is 0.823. The number of rotatable bonds is 3. The second-order valence-corrected chi connectivity index (χ2v) is 8.78. The number of nitrogens with one attached hydrogen (secondary N) is 1. The first kappa shape index (κ1) is 20.1. The zero-order chi connectivity index (χ0) is 21.5. The van der Waals surface area contributed by atoms with Crippen LogP contribution in [0.3, 0.4) is 0 Å². The Kier molecular flexibility index (Phi) is 5.19. The molecule has 2 aromatic heterocycles. The van der Waals surface area contributed by atoms with E-state index in [2.05, 4.69) is 41.8 Å². The number of aromatic amines is 1. The van der Waals surface area contributed by atoms with Gasteiger partial charge in [0.1, 0.15) is 18.0 Å². The maximum Gasteiger partial charge on any atom is 0.258 e. The Hall–Kier alpha value is -2.84. The minimum absolute atomic E-state index is 0.132. The molecule has 0 saturated carbocycles. The maximum absolute atomic E-state index is 13.4. The summed E-state index contributed by atoms with van der Waals surface area (Å²) in [6, 6.07) is 13.6. The van der Waals surface area contributed by atoms with E-state index in [1.54, 1.807) is 30.3 Å². The van der Waals surface area contributed by atoms with Gasteiger partial charge < -0.3 is 19.4 Å². The van der Waals surface area contributed by atoms with Crippen LogP contribution in [0.4, 0.5) is 5.69 Å². The molecule has 0 saturated heterocycles. The average Bonchev–Trinajstić information content (AvgIpc) is 3.26. The monoisotopic (exact) mass is 541 g/mol. The molecule has 2 aromatic carbocycles. The van der Waals surface area contributed by atoms with Gasteiger partial charge in [-0.1, -0.05) is 12.1 Å². The van der Waals surface area contributed by atoms with Crippen LogP contribution in [0, 0.1) is 0 Å². The molecule has 1 amide bonds. The highest BCUT2D eigenvalue weighted by molar-refractivity contribution is 9.11. The number of hydrogen-bond donors (Lipinski definition) is 1. The molecule has 3 heterocycles. The van der Waals surface area contributed by atoms with Crippen molar-refractivity contribution in [3.05, 3.63) is 69.4 Å². The number of amides is 1. The molecule has 1 aliphatic rings. The van der Waals surface area contributed by atoms with E-state index < -0.39 is 0 Å². The Morgan fingerprint density at radius 2 is 2.00 bits per heavy atom. The van der Waals surface area contributed by atoms with Crippen molar-refractivity contribution in [3.8, 4) is 22.8 Å². The average molecular weight is 543 g/mol. The van der Waals surface area contributed by atoms with Gasteiger partial charge in [0, 0.05) is 34.4 Å². The fourth-order valence-corrected chi connectivity index (χ4v) is 5.34. The van der Waals surface area contributed by atoms with E-state index in [4.69, 9.17) is 9.47 Å². The summed E-state index contributed by atoms with van der Waals surface area (Å²) in [7, 11) is 1.59. The number of carbonyl (C=O) groups excluding carboxylic acids is 1. The van der Waals surface area contributed by atoms with Gasteiger partial charge in [-0.05, 0) is 67.8 Å². The first-order valence-corrected chi connectivity index (χ1v) is 11.2. The van der Waals surface area contributed by atoms with Crippen molar-refractivity contribution in [1.29, 1.82) is 0 Å². The van der Waals surface area contributed by atoms with Gasteiger partial charge in [-0.15, -0.1) is 0 Å². The molecule has 4 aromatic rings. The number of fused-ring (bicyclic) bond motifs is 2. The molecule has 0 atom stereocenters. The van der Waals surface area contributed by atoms with Gasteiger partial charge in [-0.3, -0.25) is 4.79 Å². The summed E-state index contributed by atoms with van der Waals surface area (Å²) in [5.74, 6) is 0.964. The molecule has 0 unspecified atom stereocenters. The van der Waals surface area contributed by atoms with Crippen molar-refractivity contribution >= 4 is 54.4 Å². The van der Waals surface area contributed by atoms with E-state index in [1.165, 1.54) is 0 Å². The van der Waals surface area contributed by atoms with E-state index in [0.29, 0.717) is 45.0 Å². The van der Waals surface area contributed by atoms with Gasteiger partial charge in [0.05, 0.1) is 22.6 Å². The second-order valence-electron chi connectivity index (χ2n) is 7.07. The molecule has 0 spiro atoms. The van der Waals surface area contributed by atoms with Crippen LogP contribution in [0.15, 0.2) is 63.8 Å². The number of methoxy groups -OCH3 is 1. The van der Waals surface area contributed by atoms with Crippen molar-refractivity contribution in [2.24, 2.45) is 0 Å². The van der Waals surface area contributed by atoms with Crippen molar-refractivity contribution < 1.29 is 14.3 Å². The molecular formula is C23H17Br2N3O3. The van der Waals surface area contributed by atoms with E-state index in [1.807, 2.05) is 36.5 Å². The number of ether oxygens (including phenoxy) is 2. The summed E-state index contributed by atoms with van der Waals surface area (Å²) >= 11 is 6.96. The summed E-state index contributed by atoms with van der Waals surface area (Å²) in [4.78, 5) is 22.9. The first-order valence-electron chi connectivity index (χ1n) is 9.61. The lowest BCUT2D eigenvalue weighted by Gasteiger charge is -2.29. The molecule has 0 radical (unpaired) electrons. The molecular weight excluding hydrogens is 526 g/mol. The van der Waals surface area contributed by atoms with Crippen LogP contribution in [0.2, 0.25) is 0 Å².